The minimum Gasteiger partial charge on any atom is -0.393 e. The molecule has 2 aromatic rings. The van der Waals surface area contributed by atoms with Gasteiger partial charge in [0, 0.05) is 38.4 Å². The lowest BCUT2D eigenvalue weighted by Crippen LogP contribution is -2.37. The van der Waals surface area contributed by atoms with E-state index in [1.807, 2.05) is 21.8 Å². The van der Waals surface area contributed by atoms with E-state index in [2.05, 4.69) is 27.2 Å². The molecule has 1 amide bonds. The summed E-state index contributed by atoms with van der Waals surface area (Å²) < 4.78 is 1.97. The fraction of sp³-hybridized carbons (Fsp3) is 0.522. The zero-order chi connectivity index (χ0) is 21.8. The van der Waals surface area contributed by atoms with Gasteiger partial charge in [-0.15, -0.1) is 0 Å². The molecule has 1 aliphatic heterocycles. The van der Waals surface area contributed by atoms with Gasteiger partial charge in [0.05, 0.1) is 35.2 Å². The summed E-state index contributed by atoms with van der Waals surface area (Å²) >= 11 is 6.12. The second kappa shape index (κ2) is 9.71. The smallest absolute Gasteiger partial charge is 0.219 e. The Morgan fingerprint density at radius 1 is 1.16 bits per heavy atom. The zero-order valence-electron chi connectivity index (χ0n) is 17.7. The second-order valence-electron chi connectivity index (χ2n) is 8.40. The molecule has 2 aliphatic rings. The molecule has 2 N–H and O–H groups in total. The summed E-state index contributed by atoms with van der Waals surface area (Å²) in [4.78, 5) is 17.6. The van der Waals surface area contributed by atoms with Crippen molar-refractivity contribution < 1.29 is 9.90 Å². The van der Waals surface area contributed by atoms with Gasteiger partial charge in [0.2, 0.25) is 5.91 Å². The number of piperidine rings is 1. The van der Waals surface area contributed by atoms with Crippen molar-refractivity contribution in [3.05, 3.63) is 40.9 Å². The van der Waals surface area contributed by atoms with E-state index in [-0.39, 0.29) is 12.0 Å². The number of aromatic nitrogens is 3. The predicted molar refractivity (Wildman–Crippen MR) is 120 cm³/mol. The number of carbonyl (C=O) groups is 1. The summed E-state index contributed by atoms with van der Waals surface area (Å²) in [6, 6.07) is 2.40. The topological polar surface area (TPSA) is 83.3 Å². The molecule has 2 aromatic heterocycles. The van der Waals surface area contributed by atoms with Gasteiger partial charge >= 0.3 is 0 Å². The Kier molecular flexibility index (Phi) is 6.79. The predicted octanol–water partition coefficient (Wildman–Crippen LogP) is 3.23. The number of carbonyl (C=O) groups excluding carboxylic acids is 1. The highest BCUT2D eigenvalue weighted by molar-refractivity contribution is 6.29. The van der Waals surface area contributed by atoms with Crippen LogP contribution >= 0.6 is 11.6 Å². The molecule has 164 valence electrons. The van der Waals surface area contributed by atoms with E-state index >= 15 is 0 Å². The summed E-state index contributed by atoms with van der Waals surface area (Å²) in [5.41, 5.74) is 2.51. The molecule has 4 rings (SSSR count). The Bertz CT molecular complexity index is 979. The molecule has 0 bridgehead atoms. The third-order valence-corrected chi connectivity index (χ3v) is 6.36. The lowest BCUT2D eigenvalue weighted by atomic mass is 9.93. The highest BCUT2D eigenvalue weighted by atomic mass is 35.5. The van der Waals surface area contributed by atoms with Crippen LogP contribution in [0.4, 0.5) is 5.69 Å². The third kappa shape index (κ3) is 5.57. The maximum atomic E-state index is 11.5. The van der Waals surface area contributed by atoms with Crippen LogP contribution in [0.25, 0.3) is 0 Å². The first-order valence-corrected chi connectivity index (χ1v) is 11.3. The van der Waals surface area contributed by atoms with Crippen molar-refractivity contribution in [1.82, 2.24) is 19.7 Å². The van der Waals surface area contributed by atoms with Crippen LogP contribution in [0, 0.1) is 11.8 Å². The van der Waals surface area contributed by atoms with E-state index in [4.69, 9.17) is 11.6 Å². The molecule has 1 aliphatic carbocycles. The maximum absolute atomic E-state index is 11.5. The van der Waals surface area contributed by atoms with E-state index in [9.17, 15) is 9.90 Å². The molecule has 7 nitrogen and oxygen atoms in total. The van der Waals surface area contributed by atoms with E-state index < -0.39 is 0 Å². The number of aliphatic hydroxyl groups excluding tert-OH is 1. The molecule has 0 unspecified atom stereocenters. The van der Waals surface area contributed by atoms with Crippen LogP contribution in [-0.2, 0) is 4.79 Å². The van der Waals surface area contributed by atoms with Crippen LogP contribution in [0.5, 0.6) is 0 Å². The van der Waals surface area contributed by atoms with Gasteiger partial charge < -0.3 is 15.3 Å². The summed E-state index contributed by atoms with van der Waals surface area (Å²) in [5.74, 6) is 6.53. The number of amides is 1. The lowest BCUT2D eigenvalue weighted by molar-refractivity contribution is -0.130. The molecule has 1 saturated carbocycles. The van der Waals surface area contributed by atoms with Gasteiger partial charge in [0.15, 0.2) is 0 Å². The van der Waals surface area contributed by atoms with Crippen LogP contribution in [0.15, 0.2) is 24.7 Å². The minimum absolute atomic E-state index is 0.135. The van der Waals surface area contributed by atoms with Crippen LogP contribution < -0.4 is 5.32 Å². The highest BCUT2D eigenvalue weighted by Gasteiger charge is 2.22. The first kappa shape index (κ1) is 21.7. The van der Waals surface area contributed by atoms with Gasteiger partial charge in [0.1, 0.15) is 5.15 Å². The molecule has 0 atom stereocenters. The van der Waals surface area contributed by atoms with Gasteiger partial charge in [-0.3, -0.25) is 9.48 Å². The van der Waals surface area contributed by atoms with Gasteiger partial charge in [-0.25, -0.2) is 4.98 Å². The van der Waals surface area contributed by atoms with Crippen LogP contribution in [0.3, 0.4) is 0 Å². The van der Waals surface area contributed by atoms with E-state index in [1.54, 1.807) is 19.3 Å². The molecule has 31 heavy (non-hydrogen) atoms. The first-order valence-electron chi connectivity index (χ1n) is 10.9. The number of anilines is 1. The zero-order valence-corrected chi connectivity index (χ0v) is 18.5. The van der Waals surface area contributed by atoms with E-state index in [0.717, 1.165) is 68.4 Å². The molecular formula is C23H28ClN5O2. The fourth-order valence-corrected chi connectivity index (χ4v) is 4.43. The van der Waals surface area contributed by atoms with Crippen molar-refractivity contribution in [2.45, 2.75) is 63.6 Å². The standard InChI is InChI=1S/C23H28ClN5O2/c1-16(30)28-10-8-20(9-11-28)29-15-17(13-26-29)2-3-18-14-25-23(24)12-22(18)27-19-4-6-21(31)7-5-19/h12-15,19-21,31H,4-11H2,1H3,(H,25,27). The molecule has 1 saturated heterocycles. The average Bonchev–Trinajstić information content (AvgIpc) is 3.24. The number of pyridine rings is 1. The Labute approximate surface area is 187 Å². The Balaban J connectivity index is 1.44. The molecule has 0 aromatic carbocycles. The summed E-state index contributed by atoms with van der Waals surface area (Å²) in [6.45, 7) is 3.16. The Hall–Kier alpha value is -2.56. The number of hydrogen-bond donors (Lipinski definition) is 2. The summed E-state index contributed by atoms with van der Waals surface area (Å²) in [5, 5.41) is 18.2. The quantitative estimate of drug-likeness (QED) is 0.564. The van der Waals surface area contributed by atoms with Crippen LogP contribution in [0.1, 0.15) is 62.6 Å². The van der Waals surface area contributed by atoms with E-state index in [0.29, 0.717) is 17.2 Å². The Morgan fingerprint density at radius 3 is 2.61 bits per heavy atom. The first-order chi connectivity index (χ1) is 15.0. The number of aliphatic hydroxyl groups is 1. The number of halogens is 1. The normalized spacial score (nSPS) is 22.0. The SMILES string of the molecule is CC(=O)N1CCC(n2cc(C#Cc3cnc(Cl)cc3NC3CCC(O)CC3)cn2)CC1. The number of rotatable bonds is 3. The number of nitrogens with zero attached hydrogens (tertiary/aromatic N) is 4. The molecule has 8 heteroatoms. The number of likely N-dealkylation sites (tertiary alicyclic amines) is 1. The molecule has 0 radical (unpaired) electrons. The second-order valence-corrected chi connectivity index (χ2v) is 8.79. The molecule has 3 heterocycles. The van der Waals surface area contributed by atoms with Crippen molar-refractivity contribution in [3.8, 4) is 11.8 Å². The van der Waals surface area contributed by atoms with Crippen molar-refractivity contribution in [3.63, 3.8) is 0 Å². The number of hydrogen-bond acceptors (Lipinski definition) is 5. The fourth-order valence-electron chi connectivity index (χ4n) is 4.28. The monoisotopic (exact) mass is 441 g/mol. The van der Waals surface area contributed by atoms with Gasteiger partial charge in [-0.2, -0.15) is 5.10 Å². The third-order valence-electron chi connectivity index (χ3n) is 6.15. The maximum Gasteiger partial charge on any atom is 0.219 e. The highest BCUT2D eigenvalue weighted by Crippen LogP contribution is 2.26. The molecule has 2 fully saturated rings. The molecular weight excluding hydrogens is 414 g/mol. The van der Waals surface area contributed by atoms with E-state index in [1.165, 1.54) is 0 Å². The van der Waals surface area contributed by atoms with Gasteiger partial charge in [-0.05, 0) is 44.6 Å². The largest absolute Gasteiger partial charge is 0.393 e. The van der Waals surface area contributed by atoms with Crippen LogP contribution in [-0.4, -0.2) is 55.9 Å². The van der Waals surface area contributed by atoms with Crippen molar-refractivity contribution in [2.75, 3.05) is 18.4 Å². The summed E-state index contributed by atoms with van der Waals surface area (Å²) in [7, 11) is 0. The lowest BCUT2D eigenvalue weighted by Gasteiger charge is -2.31. The van der Waals surface area contributed by atoms with Crippen LogP contribution in [0.2, 0.25) is 5.15 Å². The van der Waals surface area contributed by atoms with Crippen molar-refractivity contribution in [1.29, 1.82) is 0 Å². The Morgan fingerprint density at radius 2 is 1.90 bits per heavy atom. The van der Waals surface area contributed by atoms with Crippen molar-refractivity contribution in [2.24, 2.45) is 0 Å². The minimum atomic E-state index is -0.190. The van der Waals surface area contributed by atoms with Crippen molar-refractivity contribution >= 4 is 23.2 Å². The molecule has 0 spiro atoms. The average molecular weight is 442 g/mol. The van der Waals surface area contributed by atoms with Gasteiger partial charge in [0.25, 0.3) is 0 Å². The summed E-state index contributed by atoms with van der Waals surface area (Å²) in [6.07, 6.45) is 10.5. The van der Waals surface area contributed by atoms with Gasteiger partial charge in [-0.1, -0.05) is 23.4 Å². The number of nitrogens with one attached hydrogen (secondary N) is 1.